The molecule has 1 amide bonds. The maximum Gasteiger partial charge on any atom is 0.260 e. The normalized spacial score (nSPS) is 13.8. The van der Waals surface area contributed by atoms with Crippen molar-refractivity contribution < 1.29 is 9.53 Å². The number of nitrogens with one attached hydrogen (secondary N) is 1. The predicted molar refractivity (Wildman–Crippen MR) is 128 cm³/mol. The molecule has 8 nitrogen and oxygen atoms in total. The largest absolute Gasteiger partial charge is 0.493 e. The van der Waals surface area contributed by atoms with E-state index in [9.17, 15) is 4.79 Å². The fraction of sp³-hybridized carbons (Fsp3) is 0.174. The molecule has 0 saturated heterocycles. The number of pyridine rings is 2. The minimum Gasteiger partial charge on any atom is -0.493 e. The molecule has 9 heteroatoms. The molecular weight excluding hydrogens is 519 g/mol. The van der Waals surface area contributed by atoms with Crippen LogP contribution in [0.2, 0.25) is 0 Å². The monoisotopic (exact) mass is 538 g/mol. The van der Waals surface area contributed by atoms with Gasteiger partial charge in [-0.3, -0.25) is 4.79 Å². The van der Waals surface area contributed by atoms with E-state index in [4.69, 9.17) is 4.74 Å². The summed E-state index contributed by atoms with van der Waals surface area (Å²) in [6.07, 6.45) is 5.21. The second-order valence-corrected chi connectivity index (χ2v) is 8.45. The molecule has 0 saturated carbocycles. The molecule has 2 bridgehead atoms. The predicted octanol–water partition coefficient (Wildman–Crippen LogP) is 4.43. The zero-order valence-electron chi connectivity index (χ0n) is 17.0. The van der Waals surface area contributed by atoms with Gasteiger partial charge in [0.25, 0.3) is 5.91 Å². The number of carbonyl (C=O) groups is 1. The van der Waals surface area contributed by atoms with Crippen LogP contribution in [-0.2, 0) is 6.54 Å². The first kappa shape index (κ1) is 20.6. The number of carbonyl (C=O) groups excluding carboxylic acids is 1. The van der Waals surface area contributed by atoms with E-state index in [0.29, 0.717) is 35.3 Å². The van der Waals surface area contributed by atoms with Crippen molar-refractivity contribution in [2.75, 3.05) is 11.9 Å². The average molecular weight is 538 g/mol. The van der Waals surface area contributed by atoms with Gasteiger partial charge in [-0.2, -0.15) is 0 Å². The van der Waals surface area contributed by atoms with Crippen molar-refractivity contribution in [2.45, 2.75) is 19.4 Å². The lowest BCUT2D eigenvalue weighted by molar-refractivity contribution is 0.102. The topological polar surface area (TPSA) is 94.8 Å². The number of ether oxygens (including phenoxy) is 1. The Morgan fingerprint density at radius 3 is 2.84 bits per heavy atom. The number of aryl methyl sites for hydroxylation is 1. The quantitative estimate of drug-likeness (QED) is 0.285. The summed E-state index contributed by atoms with van der Waals surface area (Å²) < 4.78 is 8.88. The van der Waals surface area contributed by atoms with Crippen LogP contribution in [0.25, 0.3) is 22.6 Å². The van der Waals surface area contributed by atoms with Gasteiger partial charge >= 0.3 is 0 Å². The van der Waals surface area contributed by atoms with E-state index in [2.05, 4.69) is 48.1 Å². The van der Waals surface area contributed by atoms with E-state index in [1.54, 1.807) is 18.6 Å². The van der Waals surface area contributed by atoms with Crippen LogP contribution in [0.4, 0.5) is 5.82 Å². The van der Waals surface area contributed by atoms with Gasteiger partial charge in [0.1, 0.15) is 27.3 Å². The van der Waals surface area contributed by atoms with Gasteiger partial charge in [-0.1, -0.05) is 18.2 Å². The molecule has 0 spiro atoms. The molecule has 160 valence electrons. The Balaban J connectivity index is 1.53. The maximum absolute atomic E-state index is 13.2. The first-order chi connectivity index (χ1) is 15.7. The van der Waals surface area contributed by atoms with Gasteiger partial charge < -0.3 is 14.6 Å². The lowest BCUT2D eigenvalue weighted by Gasteiger charge is -2.15. The SMILES string of the molecule is O=C1Nc2cccc(n2)-c2nncn2CCCCOc2ccc(-c3ccc(I)nc3)cc21. The summed E-state index contributed by atoms with van der Waals surface area (Å²) in [5.41, 5.74) is 2.93. The Kier molecular flexibility index (Phi) is 5.80. The van der Waals surface area contributed by atoms with E-state index in [0.717, 1.165) is 34.2 Å². The van der Waals surface area contributed by atoms with Crippen LogP contribution < -0.4 is 10.1 Å². The number of hydrogen-bond acceptors (Lipinski definition) is 6. The maximum atomic E-state index is 13.2. The molecule has 0 fully saturated rings. The zero-order valence-corrected chi connectivity index (χ0v) is 19.2. The van der Waals surface area contributed by atoms with E-state index < -0.39 is 0 Å². The van der Waals surface area contributed by atoms with Crippen LogP contribution in [0.3, 0.4) is 0 Å². The van der Waals surface area contributed by atoms with E-state index in [1.807, 2.05) is 47.0 Å². The van der Waals surface area contributed by atoms with Crippen LogP contribution in [0, 0.1) is 3.70 Å². The minimum absolute atomic E-state index is 0.288. The molecule has 32 heavy (non-hydrogen) atoms. The van der Waals surface area contributed by atoms with E-state index >= 15 is 0 Å². The molecule has 4 heterocycles. The number of hydrogen-bond donors (Lipinski definition) is 1. The molecular formula is C23H19IN6O2. The molecule has 0 radical (unpaired) electrons. The second kappa shape index (κ2) is 9.03. The van der Waals surface area contributed by atoms with Gasteiger partial charge in [0, 0.05) is 18.3 Å². The van der Waals surface area contributed by atoms with Crippen LogP contribution in [0.15, 0.2) is 61.1 Å². The number of benzene rings is 1. The summed E-state index contributed by atoms with van der Waals surface area (Å²) >= 11 is 2.17. The fourth-order valence-corrected chi connectivity index (χ4v) is 3.87. The lowest BCUT2D eigenvalue weighted by atomic mass is 10.0. The van der Waals surface area contributed by atoms with Crippen molar-refractivity contribution in [1.29, 1.82) is 0 Å². The number of anilines is 1. The van der Waals surface area contributed by atoms with Gasteiger partial charge in [-0.25, -0.2) is 9.97 Å². The van der Waals surface area contributed by atoms with Gasteiger partial charge in [-0.05, 0) is 71.3 Å². The van der Waals surface area contributed by atoms with Gasteiger partial charge in [0.15, 0.2) is 5.82 Å². The number of fused-ring (bicyclic) bond motifs is 5. The highest BCUT2D eigenvalue weighted by molar-refractivity contribution is 14.1. The highest BCUT2D eigenvalue weighted by Crippen LogP contribution is 2.28. The average Bonchev–Trinajstić information content (AvgIpc) is 3.28. The Hall–Kier alpha value is -3.34. The van der Waals surface area contributed by atoms with Gasteiger partial charge in [0.2, 0.25) is 0 Å². The zero-order chi connectivity index (χ0) is 21.9. The highest BCUT2D eigenvalue weighted by atomic mass is 127. The van der Waals surface area contributed by atoms with Crippen molar-refractivity contribution in [2.24, 2.45) is 0 Å². The molecule has 5 rings (SSSR count). The molecule has 0 aliphatic carbocycles. The first-order valence-corrected chi connectivity index (χ1v) is 11.3. The van der Waals surface area contributed by atoms with Crippen molar-refractivity contribution in [3.63, 3.8) is 0 Å². The molecule has 3 aromatic heterocycles. The highest BCUT2D eigenvalue weighted by Gasteiger charge is 2.17. The summed E-state index contributed by atoms with van der Waals surface area (Å²) in [5, 5.41) is 11.1. The van der Waals surface area contributed by atoms with Crippen LogP contribution in [0.5, 0.6) is 5.75 Å². The first-order valence-electron chi connectivity index (χ1n) is 10.2. The van der Waals surface area contributed by atoms with E-state index in [1.165, 1.54) is 0 Å². The standard InChI is InChI=1S/C23H19IN6O2/c24-20-9-7-16(13-25-20)15-6-8-19-17(12-15)23(31)28-21-5-3-4-18(27-21)22-29-26-14-30(22)10-1-2-11-32-19/h3-9,12-14H,1-2,10-11H2,(H,27,28,31). The van der Waals surface area contributed by atoms with Crippen LogP contribution in [-0.4, -0.2) is 37.2 Å². The van der Waals surface area contributed by atoms with Crippen LogP contribution >= 0.6 is 22.6 Å². The Labute approximate surface area is 198 Å². The number of amides is 1. The Bertz CT molecular complexity index is 1270. The van der Waals surface area contributed by atoms with Gasteiger partial charge in [0.05, 0.1) is 12.2 Å². The number of halogens is 1. The molecule has 1 aliphatic rings. The van der Waals surface area contributed by atoms with E-state index in [-0.39, 0.29) is 5.91 Å². The third-order valence-corrected chi connectivity index (χ3v) is 5.81. The van der Waals surface area contributed by atoms with Crippen molar-refractivity contribution in [3.05, 3.63) is 70.3 Å². The molecule has 1 aromatic carbocycles. The molecule has 0 atom stereocenters. The number of rotatable bonds is 1. The summed E-state index contributed by atoms with van der Waals surface area (Å²) in [6, 6.07) is 15.0. The third-order valence-electron chi connectivity index (χ3n) is 5.17. The summed E-state index contributed by atoms with van der Waals surface area (Å²) in [5.74, 6) is 1.37. The van der Waals surface area contributed by atoms with Crippen molar-refractivity contribution >= 4 is 34.3 Å². The smallest absolute Gasteiger partial charge is 0.260 e. The molecule has 4 aromatic rings. The van der Waals surface area contributed by atoms with Crippen LogP contribution in [0.1, 0.15) is 23.2 Å². The summed E-state index contributed by atoms with van der Waals surface area (Å²) in [4.78, 5) is 22.2. The van der Waals surface area contributed by atoms with Crippen molar-refractivity contribution in [3.8, 4) is 28.4 Å². The number of aromatic nitrogens is 5. The lowest BCUT2D eigenvalue weighted by Crippen LogP contribution is -2.16. The summed E-state index contributed by atoms with van der Waals surface area (Å²) in [6.45, 7) is 1.27. The third kappa shape index (κ3) is 4.33. The number of nitrogens with zero attached hydrogens (tertiary/aromatic N) is 5. The Morgan fingerprint density at radius 1 is 1.06 bits per heavy atom. The summed E-state index contributed by atoms with van der Waals surface area (Å²) in [7, 11) is 0. The molecule has 0 unspecified atom stereocenters. The second-order valence-electron chi connectivity index (χ2n) is 7.35. The van der Waals surface area contributed by atoms with Crippen molar-refractivity contribution in [1.82, 2.24) is 24.7 Å². The molecule has 1 N–H and O–H groups in total. The minimum atomic E-state index is -0.288. The molecule has 1 aliphatic heterocycles. The van der Waals surface area contributed by atoms with Gasteiger partial charge in [-0.15, -0.1) is 10.2 Å². The fourth-order valence-electron chi connectivity index (χ4n) is 3.56. The Morgan fingerprint density at radius 2 is 1.97 bits per heavy atom.